The molecule has 1 saturated carbocycles. The van der Waals surface area contributed by atoms with Crippen molar-refractivity contribution in [2.45, 2.75) is 38.6 Å². The predicted octanol–water partition coefficient (Wildman–Crippen LogP) is 2.71. The van der Waals surface area contributed by atoms with E-state index in [1.165, 1.54) is 24.8 Å². The molecule has 1 aliphatic carbocycles. The molecule has 0 radical (unpaired) electrons. The fraction of sp³-hybridized carbons (Fsp3) is 0.571. The number of phenolic OH excluding ortho intramolecular Hbond substituents is 1. The monoisotopic (exact) mass is 219 g/mol. The van der Waals surface area contributed by atoms with E-state index < -0.39 is 0 Å². The lowest BCUT2D eigenvalue weighted by Crippen LogP contribution is -2.25. The zero-order valence-corrected chi connectivity index (χ0v) is 9.95. The van der Waals surface area contributed by atoms with Crippen LogP contribution in [-0.4, -0.2) is 17.7 Å². The summed E-state index contributed by atoms with van der Waals surface area (Å²) in [5, 5.41) is 12.7. The van der Waals surface area contributed by atoms with Crippen molar-refractivity contribution < 1.29 is 5.11 Å². The Morgan fingerprint density at radius 1 is 1.25 bits per heavy atom. The first-order valence-electron chi connectivity index (χ1n) is 6.29. The molecule has 1 aromatic rings. The highest BCUT2D eigenvalue weighted by molar-refractivity contribution is 5.26. The average Bonchev–Trinajstić information content (AvgIpc) is 2.70. The van der Waals surface area contributed by atoms with Gasteiger partial charge in [0, 0.05) is 6.04 Å². The molecule has 0 aromatic heterocycles. The van der Waals surface area contributed by atoms with Gasteiger partial charge in [-0.05, 0) is 55.8 Å². The van der Waals surface area contributed by atoms with Crippen molar-refractivity contribution in [3.63, 3.8) is 0 Å². The first-order valence-corrected chi connectivity index (χ1v) is 6.29. The zero-order valence-electron chi connectivity index (χ0n) is 9.95. The highest BCUT2D eigenvalue weighted by Crippen LogP contribution is 2.28. The molecule has 1 aromatic carbocycles. The average molecular weight is 219 g/mol. The van der Waals surface area contributed by atoms with Gasteiger partial charge < -0.3 is 10.4 Å². The maximum Gasteiger partial charge on any atom is 0.115 e. The fourth-order valence-electron chi connectivity index (χ4n) is 2.70. The topological polar surface area (TPSA) is 32.3 Å². The third-order valence-corrected chi connectivity index (χ3v) is 3.49. The standard InChI is InChI=1S/C14H21NO/c1-2-15-13-6-3-12(10-13)9-11-4-7-14(16)8-5-11/h4-5,7-8,12-13,15-16H,2-3,6,9-10H2,1H3. The van der Waals surface area contributed by atoms with Crippen molar-refractivity contribution in [1.29, 1.82) is 0 Å². The molecule has 1 aliphatic rings. The fourth-order valence-corrected chi connectivity index (χ4v) is 2.70. The molecular weight excluding hydrogens is 198 g/mol. The van der Waals surface area contributed by atoms with Crippen LogP contribution in [0.3, 0.4) is 0 Å². The van der Waals surface area contributed by atoms with Crippen molar-refractivity contribution in [3.05, 3.63) is 29.8 Å². The van der Waals surface area contributed by atoms with Crippen LogP contribution < -0.4 is 5.32 Å². The van der Waals surface area contributed by atoms with E-state index in [4.69, 9.17) is 0 Å². The van der Waals surface area contributed by atoms with Gasteiger partial charge in [-0.25, -0.2) is 0 Å². The molecule has 2 heteroatoms. The summed E-state index contributed by atoms with van der Waals surface area (Å²) < 4.78 is 0. The van der Waals surface area contributed by atoms with Crippen molar-refractivity contribution in [1.82, 2.24) is 5.32 Å². The largest absolute Gasteiger partial charge is 0.508 e. The summed E-state index contributed by atoms with van der Waals surface area (Å²) in [6.45, 7) is 3.25. The van der Waals surface area contributed by atoms with E-state index in [1.54, 1.807) is 12.1 Å². The molecule has 0 spiro atoms. The number of aromatic hydroxyl groups is 1. The van der Waals surface area contributed by atoms with Gasteiger partial charge in [-0.15, -0.1) is 0 Å². The molecule has 0 bridgehead atoms. The Morgan fingerprint density at radius 3 is 2.69 bits per heavy atom. The van der Waals surface area contributed by atoms with E-state index in [0.717, 1.165) is 24.9 Å². The molecule has 0 heterocycles. The van der Waals surface area contributed by atoms with Crippen molar-refractivity contribution in [2.75, 3.05) is 6.54 Å². The molecule has 1 fully saturated rings. The Bertz CT molecular complexity index is 320. The summed E-state index contributed by atoms with van der Waals surface area (Å²) >= 11 is 0. The second-order valence-corrected chi connectivity index (χ2v) is 4.80. The summed E-state index contributed by atoms with van der Waals surface area (Å²) in [5.41, 5.74) is 1.35. The SMILES string of the molecule is CCNC1CCC(Cc2ccc(O)cc2)C1. The maximum atomic E-state index is 9.22. The lowest BCUT2D eigenvalue weighted by atomic mass is 9.98. The molecular formula is C14H21NO. The first kappa shape index (κ1) is 11.5. The van der Waals surface area contributed by atoms with Gasteiger partial charge >= 0.3 is 0 Å². The number of hydrogen-bond acceptors (Lipinski definition) is 2. The minimum absolute atomic E-state index is 0.362. The maximum absolute atomic E-state index is 9.22. The number of phenols is 1. The molecule has 2 atom stereocenters. The number of hydrogen-bond donors (Lipinski definition) is 2. The van der Waals surface area contributed by atoms with Crippen LogP contribution in [0.25, 0.3) is 0 Å². The number of nitrogens with one attached hydrogen (secondary N) is 1. The second kappa shape index (κ2) is 5.35. The minimum atomic E-state index is 0.362. The number of rotatable bonds is 4. The quantitative estimate of drug-likeness (QED) is 0.816. The van der Waals surface area contributed by atoms with Gasteiger partial charge in [-0.1, -0.05) is 19.1 Å². The van der Waals surface area contributed by atoms with E-state index in [9.17, 15) is 5.11 Å². The Balaban J connectivity index is 1.84. The predicted molar refractivity (Wildman–Crippen MR) is 66.6 cm³/mol. The molecule has 0 aliphatic heterocycles. The van der Waals surface area contributed by atoms with Crippen LogP contribution in [-0.2, 0) is 6.42 Å². The summed E-state index contributed by atoms with van der Waals surface area (Å²) in [4.78, 5) is 0. The van der Waals surface area contributed by atoms with Crippen LogP contribution in [0.5, 0.6) is 5.75 Å². The Labute approximate surface area is 97.7 Å². The van der Waals surface area contributed by atoms with E-state index in [2.05, 4.69) is 12.2 Å². The van der Waals surface area contributed by atoms with E-state index in [-0.39, 0.29) is 0 Å². The Morgan fingerprint density at radius 2 is 2.00 bits per heavy atom. The van der Waals surface area contributed by atoms with Gasteiger partial charge in [0.2, 0.25) is 0 Å². The van der Waals surface area contributed by atoms with Crippen molar-refractivity contribution >= 4 is 0 Å². The molecule has 0 saturated heterocycles. The summed E-state index contributed by atoms with van der Waals surface area (Å²) in [6.07, 6.45) is 5.10. The lowest BCUT2D eigenvalue weighted by Gasteiger charge is -2.12. The molecule has 0 amide bonds. The summed E-state index contributed by atoms with van der Waals surface area (Å²) in [5.74, 6) is 1.18. The van der Waals surface area contributed by atoms with Gasteiger partial charge in [-0.2, -0.15) is 0 Å². The van der Waals surface area contributed by atoms with E-state index in [1.807, 2.05) is 12.1 Å². The Kier molecular flexibility index (Phi) is 3.83. The van der Waals surface area contributed by atoms with Crippen LogP contribution in [0.4, 0.5) is 0 Å². The normalized spacial score (nSPS) is 24.8. The molecule has 88 valence electrons. The molecule has 2 nitrogen and oxygen atoms in total. The Hall–Kier alpha value is -1.02. The van der Waals surface area contributed by atoms with Gasteiger partial charge in [0.1, 0.15) is 5.75 Å². The van der Waals surface area contributed by atoms with E-state index >= 15 is 0 Å². The van der Waals surface area contributed by atoms with Crippen LogP contribution >= 0.6 is 0 Å². The third-order valence-electron chi connectivity index (χ3n) is 3.49. The van der Waals surface area contributed by atoms with Gasteiger partial charge in [0.05, 0.1) is 0 Å². The highest BCUT2D eigenvalue weighted by atomic mass is 16.3. The zero-order chi connectivity index (χ0) is 11.4. The van der Waals surface area contributed by atoms with Crippen LogP contribution in [0.15, 0.2) is 24.3 Å². The van der Waals surface area contributed by atoms with Crippen LogP contribution in [0, 0.1) is 5.92 Å². The van der Waals surface area contributed by atoms with Gasteiger partial charge in [0.25, 0.3) is 0 Å². The minimum Gasteiger partial charge on any atom is -0.508 e. The summed E-state index contributed by atoms with van der Waals surface area (Å²) in [6, 6.07) is 8.37. The molecule has 2 N–H and O–H groups in total. The van der Waals surface area contributed by atoms with Gasteiger partial charge in [0.15, 0.2) is 0 Å². The third kappa shape index (κ3) is 2.99. The highest BCUT2D eigenvalue weighted by Gasteiger charge is 2.23. The first-order chi connectivity index (χ1) is 7.78. The molecule has 2 unspecified atom stereocenters. The van der Waals surface area contributed by atoms with Gasteiger partial charge in [-0.3, -0.25) is 0 Å². The smallest absolute Gasteiger partial charge is 0.115 e. The second-order valence-electron chi connectivity index (χ2n) is 4.80. The lowest BCUT2D eigenvalue weighted by molar-refractivity contribution is 0.473. The summed E-state index contributed by atoms with van der Waals surface area (Å²) in [7, 11) is 0. The van der Waals surface area contributed by atoms with Crippen LogP contribution in [0.2, 0.25) is 0 Å². The van der Waals surface area contributed by atoms with Crippen LogP contribution in [0.1, 0.15) is 31.7 Å². The number of benzene rings is 1. The molecule has 16 heavy (non-hydrogen) atoms. The molecule has 2 rings (SSSR count). The van der Waals surface area contributed by atoms with E-state index in [0.29, 0.717) is 5.75 Å². The van der Waals surface area contributed by atoms with Crippen molar-refractivity contribution in [2.24, 2.45) is 5.92 Å². The van der Waals surface area contributed by atoms with Crippen molar-refractivity contribution in [3.8, 4) is 5.75 Å².